The number of carbonyl (C=O) groups excluding carboxylic acids is 2. The monoisotopic (exact) mass is 719 g/mol. The van der Waals surface area contributed by atoms with Crippen molar-refractivity contribution < 1.29 is 54.9 Å². The number of halogens is 6. The van der Waals surface area contributed by atoms with Crippen molar-refractivity contribution in [2.24, 2.45) is 5.41 Å². The first kappa shape index (κ1) is 37.6. The van der Waals surface area contributed by atoms with Crippen LogP contribution in [0.3, 0.4) is 0 Å². The van der Waals surface area contributed by atoms with Crippen LogP contribution in [0.1, 0.15) is 84.3 Å². The highest BCUT2D eigenvalue weighted by molar-refractivity contribution is 5.94. The van der Waals surface area contributed by atoms with Gasteiger partial charge in [0.1, 0.15) is 23.2 Å². The largest absolute Gasteiger partial charge is 0.496 e. The number of benzene rings is 3. The molecule has 0 bridgehead atoms. The lowest BCUT2D eigenvalue weighted by molar-refractivity contribution is -0.138. The second kappa shape index (κ2) is 13.8. The SMILES string of the molecule is COC(=O)c1ccc(-c2cc(C3=C(CN4C(=O)O[C@H](c5cc(C)cc(C(F)(F)F)c5)[C@@H]4C)CC(C)(C)CC3)c(OC)cc2C(F)(F)F)cc1OC. The second-order valence-electron chi connectivity index (χ2n) is 13.7. The molecule has 1 saturated heterocycles. The molecular formula is C38H39F6NO6. The minimum atomic E-state index is -4.79. The fourth-order valence-electron chi connectivity index (χ4n) is 6.99. The Kier molecular flexibility index (Phi) is 10.2. The van der Waals surface area contributed by atoms with Crippen molar-refractivity contribution in [3.05, 3.63) is 87.5 Å². The van der Waals surface area contributed by atoms with E-state index in [1.165, 1.54) is 57.4 Å². The number of ether oxygens (including phenoxy) is 4. The summed E-state index contributed by atoms with van der Waals surface area (Å²) in [4.78, 5) is 27.1. The molecule has 1 fully saturated rings. The smallest absolute Gasteiger partial charge is 0.417 e. The molecule has 0 spiro atoms. The molecule has 3 aromatic carbocycles. The third-order valence-corrected chi connectivity index (χ3v) is 9.57. The summed E-state index contributed by atoms with van der Waals surface area (Å²) < 4.78 is 106. The highest BCUT2D eigenvalue weighted by atomic mass is 19.4. The van der Waals surface area contributed by atoms with Gasteiger partial charge in [-0.2, -0.15) is 26.3 Å². The molecule has 51 heavy (non-hydrogen) atoms. The Labute approximate surface area is 292 Å². The van der Waals surface area contributed by atoms with Crippen LogP contribution in [0.4, 0.5) is 31.1 Å². The number of aryl methyl sites for hydroxylation is 1. The van der Waals surface area contributed by atoms with Gasteiger partial charge in [-0.25, -0.2) is 9.59 Å². The standard InChI is InChI=1S/C38H39F6NO6/c1-20-12-23(14-25(13-20)37(39,40)41)33-21(2)45(35(47)51-33)19-24-18-36(3,4)11-10-26(24)29-16-28(30(38(42,43)44)17-32(29)49-6)22-8-9-27(34(46)50-7)31(15-22)48-5/h8-9,12-17,21,33H,10-11,18-19H2,1-7H3/t21-,33-/m0/s1. The van der Waals surface area contributed by atoms with E-state index in [-0.39, 0.29) is 45.7 Å². The number of nitrogens with zero attached hydrogens (tertiary/aromatic N) is 1. The molecule has 1 aliphatic carbocycles. The highest BCUT2D eigenvalue weighted by Crippen LogP contribution is 2.49. The number of carbonyl (C=O) groups is 2. The third kappa shape index (κ3) is 7.67. The summed E-state index contributed by atoms with van der Waals surface area (Å²) in [5, 5.41) is 0. The Morgan fingerprint density at radius 1 is 0.922 bits per heavy atom. The molecule has 0 radical (unpaired) electrons. The van der Waals surface area contributed by atoms with Crippen molar-refractivity contribution >= 4 is 17.6 Å². The lowest BCUT2D eigenvalue weighted by atomic mass is 9.72. The highest BCUT2D eigenvalue weighted by Gasteiger charge is 2.43. The van der Waals surface area contributed by atoms with Gasteiger partial charge in [0.2, 0.25) is 0 Å². The van der Waals surface area contributed by atoms with Crippen LogP contribution >= 0.6 is 0 Å². The quantitative estimate of drug-likeness (QED) is 0.171. The number of rotatable bonds is 8. The average Bonchev–Trinajstić information content (AvgIpc) is 3.34. The van der Waals surface area contributed by atoms with Crippen LogP contribution in [0.25, 0.3) is 16.7 Å². The Morgan fingerprint density at radius 2 is 1.61 bits per heavy atom. The fraction of sp³-hybridized carbons (Fsp3) is 0.421. The van der Waals surface area contributed by atoms with Crippen LogP contribution in [-0.4, -0.2) is 50.9 Å². The lowest BCUT2D eigenvalue weighted by Gasteiger charge is -2.36. The minimum Gasteiger partial charge on any atom is -0.496 e. The molecule has 5 rings (SSSR count). The van der Waals surface area contributed by atoms with E-state index in [0.29, 0.717) is 36.0 Å². The number of esters is 1. The third-order valence-electron chi connectivity index (χ3n) is 9.57. The van der Waals surface area contributed by atoms with E-state index in [9.17, 15) is 35.9 Å². The predicted octanol–water partition coefficient (Wildman–Crippen LogP) is 10.0. The first-order chi connectivity index (χ1) is 23.8. The summed E-state index contributed by atoms with van der Waals surface area (Å²) in [5.74, 6) is -0.716. The van der Waals surface area contributed by atoms with E-state index in [1.807, 2.05) is 13.8 Å². The van der Waals surface area contributed by atoms with E-state index >= 15 is 0 Å². The molecule has 0 aromatic heterocycles. The summed E-state index contributed by atoms with van der Waals surface area (Å²) in [6.45, 7) is 7.37. The average molecular weight is 720 g/mol. The van der Waals surface area contributed by atoms with Gasteiger partial charge in [-0.15, -0.1) is 0 Å². The summed E-state index contributed by atoms with van der Waals surface area (Å²) in [5.41, 5.74) is 0.367. The van der Waals surface area contributed by atoms with Gasteiger partial charge in [0, 0.05) is 12.1 Å². The van der Waals surface area contributed by atoms with Crippen molar-refractivity contribution in [3.8, 4) is 22.6 Å². The summed E-state index contributed by atoms with van der Waals surface area (Å²) in [7, 11) is 3.75. The van der Waals surface area contributed by atoms with E-state index in [1.54, 1.807) is 13.0 Å². The van der Waals surface area contributed by atoms with Gasteiger partial charge in [-0.1, -0.05) is 31.5 Å². The number of hydrogen-bond donors (Lipinski definition) is 0. The minimum absolute atomic E-state index is 0.0224. The van der Waals surface area contributed by atoms with Crippen LogP contribution in [0, 0.1) is 12.3 Å². The first-order valence-corrected chi connectivity index (χ1v) is 16.2. The Bertz CT molecular complexity index is 1880. The van der Waals surface area contributed by atoms with Gasteiger partial charge < -0.3 is 18.9 Å². The number of allylic oxidation sites excluding steroid dienone is 1. The maximum atomic E-state index is 14.6. The predicted molar refractivity (Wildman–Crippen MR) is 177 cm³/mol. The maximum absolute atomic E-state index is 14.6. The maximum Gasteiger partial charge on any atom is 0.417 e. The van der Waals surface area contributed by atoms with Crippen molar-refractivity contribution in [1.29, 1.82) is 0 Å². The molecule has 274 valence electrons. The molecule has 1 aliphatic heterocycles. The molecule has 0 unspecified atom stereocenters. The van der Waals surface area contributed by atoms with E-state index < -0.39 is 47.7 Å². The Morgan fingerprint density at radius 3 is 2.22 bits per heavy atom. The molecule has 7 nitrogen and oxygen atoms in total. The van der Waals surface area contributed by atoms with E-state index in [0.717, 1.165) is 23.8 Å². The molecule has 3 aromatic rings. The van der Waals surface area contributed by atoms with Gasteiger partial charge in [-0.3, -0.25) is 4.90 Å². The van der Waals surface area contributed by atoms with Gasteiger partial charge in [0.05, 0.1) is 38.5 Å². The van der Waals surface area contributed by atoms with Gasteiger partial charge in [0.15, 0.2) is 0 Å². The molecule has 0 N–H and O–H groups in total. The van der Waals surface area contributed by atoms with Crippen molar-refractivity contribution in [1.82, 2.24) is 4.90 Å². The number of alkyl halides is 6. The zero-order chi connectivity index (χ0) is 37.6. The molecule has 0 saturated carbocycles. The summed E-state index contributed by atoms with van der Waals surface area (Å²) in [6.07, 6.45) is -9.46. The van der Waals surface area contributed by atoms with Crippen LogP contribution < -0.4 is 9.47 Å². The summed E-state index contributed by atoms with van der Waals surface area (Å²) in [6, 6.07) is 9.31. The molecule has 2 aliphatic rings. The lowest BCUT2D eigenvalue weighted by Crippen LogP contribution is -2.35. The number of cyclic esters (lactones) is 1. The van der Waals surface area contributed by atoms with Crippen molar-refractivity contribution in [2.45, 2.75) is 71.5 Å². The molecule has 1 heterocycles. The second-order valence-corrected chi connectivity index (χ2v) is 13.7. The van der Waals surface area contributed by atoms with Crippen LogP contribution in [0.2, 0.25) is 0 Å². The normalized spacial score (nSPS) is 19.2. The van der Waals surface area contributed by atoms with E-state index in [2.05, 4.69) is 0 Å². The number of methoxy groups -OCH3 is 3. The van der Waals surface area contributed by atoms with Crippen LogP contribution in [-0.2, 0) is 21.8 Å². The topological polar surface area (TPSA) is 74.3 Å². The van der Waals surface area contributed by atoms with Crippen molar-refractivity contribution in [2.75, 3.05) is 27.9 Å². The first-order valence-electron chi connectivity index (χ1n) is 16.2. The van der Waals surface area contributed by atoms with Gasteiger partial charge in [0.25, 0.3) is 0 Å². The summed E-state index contributed by atoms with van der Waals surface area (Å²) >= 11 is 0. The fourth-order valence-corrected chi connectivity index (χ4v) is 6.99. The molecule has 1 amide bonds. The molecular weight excluding hydrogens is 680 g/mol. The zero-order valence-corrected chi connectivity index (χ0v) is 29.3. The van der Waals surface area contributed by atoms with Crippen LogP contribution in [0.15, 0.2) is 54.1 Å². The van der Waals surface area contributed by atoms with Crippen molar-refractivity contribution in [3.63, 3.8) is 0 Å². The van der Waals surface area contributed by atoms with E-state index in [4.69, 9.17) is 18.9 Å². The Hall–Kier alpha value is -4.68. The number of hydrogen-bond acceptors (Lipinski definition) is 6. The Balaban J connectivity index is 1.63. The zero-order valence-electron chi connectivity index (χ0n) is 29.3. The van der Waals surface area contributed by atoms with Gasteiger partial charge in [-0.05, 0) is 103 Å². The number of amides is 1. The van der Waals surface area contributed by atoms with Gasteiger partial charge >= 0.3 is 24.4 Å². The van der Waals surface area contributed by atoms with Crippen LogP contribution in [0.5, 0.6) is 11.5 Å². The molecule has 13 heteroatoms. The molecule has 2 atom stereocenters.